The van der Waals surface area contributed by atoms with Crippen molar-refractivity contribution in [3.05, 3.63) is 41.5 Å². The summed E-state index contributed by atoms with van der Waals surface area (Å²) in [7, 11) is 0. The Balaban J connectivity index is 2.65. The Morgan fingerprint density at radius 1 is 1.25 bits per heavy atom. The second-order valence-corrected chi connectivity index (χ2v) is 3.83. The normalized spacial score (nSPS) is 12.2. The van der Waals surface area contributed by atoms with Gasteiger partial charge in [-0.15, -0.1) is 0 Å². The molecule has 86 valence electrons. The molecule has 0 atom stereocenters. The minimum atomic E-state index is 0.965. The van der Waals surface area contributed by atoms with Crippen molar-refractivity contribution in [1.29, 1.82) is 0 Å². The molecule has 0 spiro atoms. The first-order valence-electron chi connectivity index (χ1n) is 5.80. The van der Waals surface area contributed by atoms with Gasteiger partial charge in [-0.25, -0.2) is 0 Å². The summed E-state index contributed by atoms with van der Waals surface area (Å²) in [4.78, 5) is 0. The molecule has 2 nitrogen and oxygen atoms in total. The van der Waals surface area contributed by atoms with Gasteiger partial charge in [0, 0.05) is 0 Å². The van der Waals surface area contributed by atoms with E-state index in [1.165, 1.54) is 19.1 Å². The maximum Gasteiger partial charge on any atom is 0.0693 e. The third kappa shape index (κ3) is 4.78. The van der Waals surface area contributed by atoms with Crippen LogP contribution < -0.4 is 0 Å². The molecule has 2 heteroatoms. The third-order valence-corrected chi connectivity index (χ3v) is 2.44. The van der Waals surface area contributed by atoms with Gasteiger partial charge < -0.3 is 5.21 Å². The van der Waals surface area contributed by atoms with Gasteiger partial charge in [-0.3, -0.25) is 0 Å². The smallest absolute Gasteiger partial charge is 0.0693 e. The number of rotatable bonds is 6. The van der Waals surface area contributed by atoms with E-state index < -0.39 is 0 Å². The minimum absolute atomic E-state index is 0.965. The van der Waals surface area contributed by atoms with Gasteiger partial charge in [-0.05, 0) is 24.0 Å². The molecular weight excluding hydrogens is 198 g/mol. The number of hydrogen-bond acceptors (Lipinski definition) is 2. The molecule has 1 aromatic carbocycles. The molecule has 1 aromatic rings. The van der Waals surface area contributed by atoms with Crippen LogP contribution in [-0.2, 0) is 0 Å². The van der Waals surface area contributed by atoms with Crippen molar-refractivity contribution >= 4 is 12.3 Å². The molecule has 0 bridgehead atoms. The lowest BCUT2D eigenvalue weighted by Gasteiger charge is -2.01. The second-order valence-electron chi connectivity index (χ2n) is 3.83. The summed E-state index contributed by atoms with van der Waals surface area (Å²) in [5.41, 5.74) is 2.22. The van der Waals surface area contributed by atoms with E-state index in [1.807, 2.05) is 30.3 Å². The second kappa shape index (κ2) is 7.69. The number of oxime groups is 1. The highest BCUT2D eigenvalue weighted by molar-refractivity contribution is 5.85. The van der Waals surface area contributed by atoms with Crippen molar-refractivity contribution in [2.24, 2.45) is 5.16 Å². The Bertz CT molecular complexity index is 341. The van der Waals surface area contributed by atoms with Crippen LogP contribution in [0.25, 0.3) is 6.08 Å². The van der Waals surface area contributed by atoms with Gasteiger partial charge >= 0.3 is 0 Å². The lowest BCUT2D eigenvalue weighted by Crippen LogP contribution is -1.87. The van der Waals surface area contributed by atoms with Crippen LogP contribution in [0.2, 0.25) is 0 Å². The van der Waals surface area contributed by atoms with Crippen LogP contribution in [-0.4, -0.2) is 11.4 Å². The van der Waals surface area contributed by atoms with Gasteiger partial charge in [0.1, 0.15) is 0 Å². The average Bonchev–Trinajstić information content (AvgIpc) is 2.31. The van der Waals surface area contributed by atoms with Crippen molar-refractivity contribution in [3.8, 4) is 0 Å². The third-order valence-electron chi connectivity index (χ3n) is 2.44. The SMILES string of the molecule is CCCCCC(C=NO)=Cc1ccccc1. The Morgan fingerprint density at radius 2 is 2.00 bits per heavy atom. The maximum atomic E-state index is 8.60. The number of benzene rings is 1. The van der Waals surface area contributed by atoms with E-state index in [-0.39, 0.29) is 0 Å². The molecule has 0 saturated carbocycles. The molecule has 0 aliphatic heterocycles. The van der Waals surface area contributed by atoms with Crippen LogP contribution in [0.3, 0.4) is 0 Å². The fraction of sp³-hybridized carbons (Fsp3) is 0.357. The van der Waals surface area contributed by atoms with Crippen LogP contribution >= 0.6 is 0 Å². The molecule has 0 heterocycles. The largest absolute Gasteiger partial charge is 0.411 e. The van der Waals surface area contributed by atoms with E-state index in [9.17, 15) is 0 Å². The molecule has 1 N–H and O–H groups in total. The first-order valence-corrected chi connectivity index (χ1v) is 5.80. The van der Waals surface area contributed by atoms with E-state index in [4.69, 9.17) is 5.21 Å². The molecule has 0 aromatic heterocycles. The monoisotopic (exact) mass is 217 g/mol. The van der Waals surface area contributed by atoms with Crippen molar-refractivity contribution in [2.75, 3.05) is 0 Å². The van der Waals surface area contributed by atoms with Gasteiger partial charge in [-0.2, -0.15) is 0 Å². The predicted octanol–water partition coefficient (Wildman–Crippen LogP) is 4.11. The highest BCUT2D eigenvalue weighted by Crippen LogP contribution is 2.12. The number of unbranched alkanes of at least 4 members (excludes halogenated alkanes) is 2. The highest BCUT2D eigenvalue weighted by atomic mass is 16.4. The topological polar surface area (TPSA) is 32.6 Å². The summed E-state index contributed by atoms with van der Waals surface area (Å²) in [6.45, 7) is 2.18. The number of hydrogen-bond donors (Lipinski definition) is 1. The first kappa shape index (κ1) is 12.5. The summed E-state index contributed by atoms with van der Waals surface area (Å²) >= 11 is 0. The quantitative estimate of drug-likeness (QED) is 0.331. The summed E-state index contributed by atoms with van der Waals surface area (Å²) in [5, 5.41) is 11.7. The molecule has 0 saturated heterocycles. The van der Waals surface area contributed by atoms with Gasteiger partial charge in [0.2, 0.25) is 0 Å². The molecule has 0 radical (unpaired) electrons. The van der Waals surface area contributed by atoms with Crippen LogP contribution in [0.4, 0.5) is 0 Å². The van der Waals surface area contributed by atoms with Crippen LogP contribution in [0.1, 0.15) is 38.2 Å². The molecule has 0 fully saturated rings. The van der Waals surface area contributed by atoms with E-state index in [0.717, 1.165) is 24.0 Å². The van der Waals surface area contributed by atoms with Gasteiger partial charge in [0.05, 0.1) is 6.21 Å². The fourth-order valence-corrected chi connectivity index (χ4v) is 1.59. The standard InChI is InChI=1S/C14H19NO/c1-2-3-5-10-14(12-15-16)11-13-8-6-4-7-9-13/h4,6-9,11-12,16H,2-3,5,10H2,1H3. The zero-order chi connectivity index (χ0) is 11.6. The van der Waals surface area contributed by atoms with Crippen molar-refractivity contribution in [1.82, 2.24) is 0 Å². The average molecular weight is 217 g/mol. The molecule has 16 heavy (non-hydrogen) atoms. The summed E-state index contributed by atoms with van der Waals surface area (Å²) in [6, 6.07) is 10.1. The number of nitrogens with zero attached hydrogens (tertiary/aromatic N) is 1. The van der Waals surface area contributed by atoms with Crippen molar-refractivity contribution in [2.45, 2.75) is 32.6 Å². The summed E-state index contributed by atoms with van der Waals surface area (Å²) < 4.78 is 0. The summed E-state index contributed by atoms with van der Waals surface area (Å²) in [5.74, 6) is 0. The zero-order valence-corrected chi connectivity index (χ0v) is 9.76. The Hall–Kier alpha value is -1.57. The highest BCUT2D eigenvalue weighted by Gasteiger charge is 1.95. The van der Waals surface area contributed by atoms with Crippen LogP contribution in [0, 0.1) is 0 Å². The lowest BCUT2D eigenvalue weighted by atomic mass is 10.1. The van der Waals surface area contributed by atoms with Gasteiger partial charge in [-0.1, -0.05) is 61.3 Å². The van der Waals surface area contributed by atoms with E-state index in [1.54, 1.807) is 0 Å². The molecular formula is C14H19NO. The van der Waals surface area contributed by atoms with E-state index in [2.05, 4.69) is 18.2 Å². The van der Waals surface area contributed by atoms with Crippen LogP contribution in [0.5, 0.6) is 0 Å². The molecule has 0 aliphatic carbocycles. The molecule has 0 unspecified atom stereocenters. The Morgan fingerprint density at radius 3 is 2.62 bits per heavy atom. The lowest BCUT2D eigenvalue weighted by molar-refractivity contribution is 0.321. The van der Waals surface area contributed by atoms with Crippen molar-refractivity contribution in [3.63, 3.8) is 0 Å². The zero-order valence-electron chi connectivity index (χ0n) is 9.76. The van der Waals surface area contributed by atoms with Crippen molar-refractivity contribution < 1.29 is 5.21 Å². The Kier molecular flexibility index (Phi) is 6.00. The fourth-order valence-electron chi connectivity index (χ4n) is 1.59. The number of allylic oxidation sites excluding steroid dienone is 1. The first-order chi connectivity index (χ1) is 7.86. The molecule has 1 rings (SSSR count). The predicted molar refractivity (Wildman–Crippen MR) is 68.8 cm³/mol. The Labute approximate surface area is 97.3 Å². The maximum absolute atomic E-state index is 8.60. The van der Waals surface area contributed by atoms with E-state index >= 15 is 0 Å². The minimum Gasteiger partial charge on any atom is -0.411 e. The van der Waals surface area contributed by atoms with Gasteiger partial charge in [0.15, 0.2) is 0 Å². The van der Waals surface area contributed by atoms with Gasteiger partial charge in [0.25, 0.3) is 0 Å². The molecule has 0 aliphatic rings. The van der Waals surface area contributed by atoms with Crippen LogP contribution in [0.15, 0.2) is 41.1 Å². The summed E-state index contributed by atoms with van der Waals surface area (Å²) in [6.07, 6.45) is 8.12. The van der Waals surface area contributed by atoms with E-state index in [0.29, 0.717) is 0 Å². The molecule has 0 amide bonds.